The summed E-state index contributed by atoms with van der Waals surface area (Å²) in [5.74, 6) is 0.938. The van der Waals surface area contributed by atoms with Crippen LogP contribution in [0.2, 0.25) is 0 Å². The van der Waals surface area contributed by atoms with Gasteiger partial charge in [0, 0.05) is 24.3 Å². The summed E-state index contributed by atoms with van der Waals surface area (Å²) in [6, 6.07) is -0.0491. The summed E-state index contributed by atoms with van der Waals surface area (Å²) in [5.41, 5.74) is 0.0546. The summed E-state index contributed by atoms with van der Waals surface area (Å²) in [6.45, 7) is 2.00. The minimum Gasteiger partial charge on any atom is -0.477 e. The van der Waals surface area contributed by atoms with Crippen LogP contribution in [0.15, 0.2) is 35.1 Å². The average Bonchev–Trinajstić information content (AvgIpc) is 3.32. The van der Waals surface area contributed by atoms with Gasteiger partial charge in [0.25, 0.3) is 0 Å². The lowest BCUT2D eigenvalue weighted by Crippen LogP contribution is -2.78. The Morgan fingerprint density at radius 1 is 1.27 bits per heavy atom. The first-order valence-electron chi connectivity index (χ1n) is 9.84. The summed E-state index contributed by atoms with van der Waals surface area (Å²) in [6.07, 6.45) is 8.97. The third-order valence-electron chi connectivity index (χ3n) is 7.99. The first-order valence-corrected chi connectivity index (χ1v) is 9.84. The zero-order chi connectivity index (χ0) is 17.9. The molecular formula is C21H24NO4+. The van der Waals surface area contributed by atoms with Crippen molar-refractivity contribution >= 4 is 11.6 Å². The highest BCUT2D eigenvalue weighted by atomic mass is 16.5. The lowest BCUT2D eigenvalue weighted by atomic mass is 9.48. The Kier molecular flexibility index (Phi) is 2.59. The molecule has 2 unspecified atom stereocenters. The van der Waals surface area contributed by atoms with Crippen molar-refractivity contribution < 1.29 is 23.9 Å². The van der Waals surface area contributed by atoms with Crippen LogP contribution in [-0.2, 0) is 14.3 Å². The summed E-state index contributed by atoms with van der Waals surface area (Å²) in [4.78, 5) is 25.2. The molecule has 2 saturated carbocycles. The van der Waals surface area contributed by atoms with Crippen molar-refractivity contribution in [2.45, 2.75) is 49.9 Å². The Bertz CT molecular complexity index is 865. The maximum Gasteiger partial charge on any atom is 0.220 e. The van der Waals surface area contributed by atoms with Crippen LogP contribution in [0, 0.1) is 11.3 Å². The third kappa shape index (κ3) is 1.53. The van der Waals surface area contributed by atoms with Gasteiger partial charge in [0.15, 0.2) is 17.6 Å². The number of ketones is 2. The number of hydrogen-bond donors (Lipinski definition) is 1. The predicted molar refractivity (Wildman–Crippen MR) is 92.8 cm³/mol. The fraction of sp³-hybridized carbons (Fsp3) is 0.619. The smallest absolute Gasteiger partial charge is 0.220 e. The lowest BCUT2D eigenvalue weighted by molar-refractivity contribution is -0.944. The predicted octanol–water partition coefficient (Wildman–Crippen LogP) is 1.43. The van der Waals surface area contributed by atoms with E-state index in [1.165, 1.54) is 12.8 Å². The summed E-state index contributed by atoms with van der Waals surface area (Å²) < 4.78 is 6.83. The van der Waals surface area contributed by atoms with E-state index in [-0.39, 0.29) is 17.6 Å². The quantitative estimate of drug-likeness (QED) is 0.762. The summed E-state index contributed by atoms with van der Waals surface area (Å²) >= 11 is 0. The maximum atomic E-state index is 12.8. The monoisotopic (exact) mass is 354 g/mol. The maximum absolute atomic E-state index is 12.8. The van der Waals surface area contributed by atoms with E-state index >= 15 is 0 Å². The molecule has 2 aliphatic heterocycles. The minimum absolute atomic E-state index is 0.0372. The normalized spacial score (nSPS) is 48.3. The van der Waals surface area contributed by atoms with Gasteiger partial charge in [-0.05, 0) is 37.0 Å². The molecular weight excluding hydrogens is 330 g/mol. The molecule has 0 radical (unpaired) electrons. The van der Waals surface area contributed by atoms with Gasteiger partial charge in [-0.15, -0.1) is 0 Å². The van der Waals surface area contributed by atoms with Crippen molar-refractivity contribution in [3.05, 3.63) is 35.1 Å². The van der Waals surface area contributed by atoms with Crippen LogP contribution in [0.5, 0.6) is 0 Å². The average molecular weight is 354 g/mol. The summed E-state index contributed by atoms with van der Waals surface area (Å²) in [7, 11) is 2.26. The van der Waals surface area contributed by atoms with Gasteiger partial charge >= 0.3 is 0 Å². The number of hydrogen-bond acceptors (Lipinski definition) is 4. The SMILES string of the molecule is C[N+]1(CC2CC2)CC[C@]23C4=C5OC2C(=O)CC[C@@]3(O)[C@H]1C=C4C=CC5=O. The van der Waals surface area contributed by atoms with E-state index < -0.39 is 17.1 Å². The Morgan fingerprint density at radius 2 is 2.08 bits per heavy atom. The Labute approximate surface area is 152 Å². The molecule has 2 heterocycles. The van der Waals surface area contributed by atoms with E-state index in [1.54, 1.807) is 6.08 Å². The van der Waals surface area contributed by atoms with Crippen molar-refractivity contribution in [2.24, 2.45) is 11.3 Å². The number of carbonyl (C=O) groups excluding carboxylic acids is 2. The Hall–Kier alpha value is -1.72. The molecule has 3 fully saturated rings. The van der Waals surface area contributed by atoms with Crippen LogP contribution in [0.25, 0.3) is 0 Å². The highest BCUT2D eigenvalue weighted by Gasteiger charge is 2.76. The number of aliphatic hydroxyl groups is 1. The number of rotatable bonds is 2. The van der Waals surface area contributed by atoms with Crippen molar-refractivity contribution in [1.29, 1.82) is 0 Å². The van der Waals surface area contributed by atoms with Crippen LogP contribution < -0.4 is 0 Å². The third-order valence-corrected chi connectivity index (χ3v) is 7.99. The molecule has 0 aromatic rings. The number of piperidine rings is 1. The topological polar surface area (TPSA) is 63.6 Å². The first kappa shape index (κ1) is 15.3. The van der Waals surface area contributed by atoms with E-state index in [1.807, 2.05) is 6.08 Å². The van der Waals surface area contributed by atoms with Gasteiger partial charge in [0.1, 0.15) is 11.6 Å². The van der Waals surface area contributed by atoms with Gasteiger partial charge in [0.05, 0.1) is 25.6 Å². The van der Waals surface area contributed by atoms with Crippen molar-refractivity contribution in [1.82, 2.24) is 0 Å². The Balaban J connectivity index is 1.61. The van der Waals surface area contributed by atoms with Gasteiger partial charge < -0.3 is 14.3 Å². The van der Waals surface area contributed by atoms with Crippen LogP contribution in [0.4, 0.5) is 0 Å². The molecule has 2 bridgehead atoms. The van der Waals surface area contributed by atoms with Crippen LogP contribution in [0.3, 0.4) is 0 Å². The van der Waals surface area contributed by atoms with Crippen molar-refractivity contribution in [3.8, 4) is 0 Å². The van der Waals surface area contributed by atoms with Crippen LogP contribution >= 0.6 is 0 Å². The molecule has 0 aromatic heterocycles. The standard InChI is InChI=1S/C21H24NO4/c1-22(11-12-2-3-12)9-8-20-17-13-4-5-14(23)18(17)26-19(20)15(24)6-7-21(20,25)16(22)10-13/h4-5,10,12,16,19,25H,2-3,6-9,11H2,1H3/q+1/t16-,19?,20+,21-,22?/m1/s1. The van der Waals surface area contributed by atoms with Gasteiger partial charge in [-0.25, -0.2) is 0 Å². The molecule has 1 N–H and O–H groups in total. The highest BCUT2D eigenvalue weighted by molar-refractivity contribution is 6.07. The molecule has 6 aliphatic rings. The molecule has 136 valence electrons. The van der Waals surface area contributed by atoms with E-state index in [4.69, 9.17) is 4.74 Å². The molecule has 4 aliphatic carbocycles. The second-order valence-electron chi connectivity index (χ2n) is 9.41. The molecule has 6 rings (SSSR count). The van der Waals surface area contributed by atoms with Crippen molar-refractivity contribution in [3.63, 3.8) is 0 Å². The fourth-order valence-electron chi connectivity index (χ4n) is 6.65. The van der Waals surface area contributed by atoms with Gasteiger partial charge in [-0.3, -0.25) is 9.59 Å². The van der Waals surface area contributed by atoms with E-state index in [0.29, 0.717) is 25.0 Å². The van der Waals surface area contributed by atoms with E-state index in [0.717, 1.165) is 34.6 Å². The largest absolute Gasteiger partial charge is 0.477 e. The van der Waals surface area contributed by atoms with Gasteiger partial charge in [-0.2, -0.15) is 0 Å². The zero-order valence-corrected chi connectivity index (χ0v) is 15.0. The number of ether oxygens (including phenoxy) is 1. The van der Waals surface area contributed by atoms with Gasteiger partial charge in [-0.1, -0.05) is 6.08 Å². The second-order valence-corrected chi connectivity index (χ2v) is 9.41. The van der Waals surface area contributed by atoms with E-state index in [2.05, 4.69) is 13.1 Å². The first-order chi connectivity index (χ1) is 12.4. The molecule has 5 nitrogen and oxygen atoms in total. The number of quaternary nitrogens is 1. The number of allylic oxidation sites excluding steroid dienone is 3. The molecule has 0 aromatic carbocycles. The van der Waals surface area contributed by atoms with E-state index in [9.17, 15) is 14.7 Å². The highest BCUT2D eigenvalue weighted by Crippen LogP contribution is 2.66. The second kappa shape index (κ2) is 4.39. The zero-order valence-electron chi connectivity index (χ0n) is 15.0. The molecule has 0 amide bonds. The minimum atomic E-state index is -1.01. The molecule has 1 spiro atoms. The number of Topliss-reactive ketones (excluding diaryl/α,β-unsaturated/α-hetero) is 1. The number of carbonyl (C=O) groups is 2. The number of likely N-dealkylation sites (tertiary alicyclic amines) is 1. The van der Waals surface area contributed by atoms with Gasteiger partial charge in [0.2, 0.25) is 5.78 Å². The van der Waals surface area contributed by atoms with Crippen LogP contribution in [0.1, 0.15) is 32.1 Å². The number of nitrogens with zero attached hydrogens (tertiary/aromatic N) is 1. The summed E-state index contributed by atoms with van der Waals surface area (Å²) in [5, 5.41) is 12.1. The molecule has 1 saturated heterocycles. The molecule has 5 heteroatoms. The van der Waals surface area contributed by atoms with Crippen molar-refractivity contribution in [2.75, 3.05) is 20.1 Å². The molecule has 26 heavy (non-hydrogen) atoms. The number of likely N-dealkylation sites (N-methyl/N-ethyl adjacent to an activating group) is 1. The molecule has 5 atom stereocenters. The fourth-order valence-corrected chi connectivity index (χ4v) is 6.65. The lowest BCUT2D eigenvalue weighted by Gasteiger charge is -2.63. The Morgan fingerprint density at radius 3 is 2.85 bits per heavy atom. The van der Waals surface area contributed by atoms with Crippen LogP contribution in [-0.4, -0.2) is 59.0 Å².